The third-order valence-electron chi connectivity index (χ3n) is 2.62. The molecule has 1 aromatic carbocycles. The lowest BCUT2D eigenvalue weighted by Gasteiger charge is -2.18. The smallest absolute Gasteiger partial charge is 0.150 e. The molecule has 1 aromatic rings. The monoisotopic (exact) mass is 223 g/mol. The number of Topliss-reactive ketones (excluding diaryl/α,β-unsaturated/α-hetero) is 1. The van der Waals surface area contributed by atoms with Gasteiger partial charge < -0.3 is 0 Å². The van der Waals surface area contributed by atoms with E-state index in [1.807, 2.05) is 0 Å². The lowest BCUT2D eigenvalue weighted by Crippen LogP contribution is -2.27. The number of benzene rings is 1. The zero-order valence-electron chi connectivity index (χ0n) is 9.05. The summed E-state index contributed by atoms with van der Waals surface area (Å²) >= 11 is 0. The van der Waals surface area contributed by atoms with Gasteiger partial charge in [-0.1, -0.05) is 6.07 Å². The van der Waals surface area contributed by atoms with Gasteiger partial charge in [-0.3, -0.25) is 4.79 Å². The number of carbonyl (C=O) groups excluding carboxylic acids is 1. The maximum absolute atomic E-state index is 13.3. The summed E-state index contributed by atoms with van der Waals surface area (Å²) in [6.07, 6.45) is -0.253. The molecule has 16 heavy (non-hydrogen) atoms. The fourth-order valence-electron chi connectivity index (χ4n) is 1.30. The predicted octanol–water partition coefficient (Wildman–Crippen LogP) is 2.63. The van der Waals surface area contributed by atoms with Gasteiger partial charge in [-0.2, -0.15) is 5.26 Å². The highest BCUT2D eigenvalue weighted by Crippen LogP contribution is 2.26. The van der Waals surface area contributed by atoms with E-state index < -0.39 is 22.8 Å². The average molecular weight is 223 g/mol. The zero-order chi connectivity index (χ0) is 12.3. The number of nitriles is 1. The lowest BCUT2D eigenvalue weighted by atomic mass is 9.81. The van der Waals surface area contributed by atoms with Gasteiger partial charge in [-0.05, 0) is 26.0 Å². The van der Waals surface area contributed by atoms with Crippen molar-refractivity contribution in [1.29, 1.82) is 5.26 Å². The molecule has 1 unspecified atom stereocenters. The van der Waals surface area contributed by atoms with Crippen LogP contribution in [0, 0.1) is 28.4 Å². The van der Waals surface area contributed by atoms with Crippen LogP contribution in [0.2, 0.25) is 0 Å². The van der Waals surface area contributed by atoms with E-state index in [0.29, 0.717) is 0 Å². The Balaban J connectivity index is 3.15. The molecular weight excluding hydrogens is 212 g/mol. The third kappa shape index (κ3) is 2.25. The van der Waals surface area contributed by atoms with Crippen molar-refractivity contribution in [2.75, 3.05) is 0 Å². The van der Waals surface area contributed by atoms with Crippen molar-refractivity contribution in [2.24, 2.45) is 5.41 Å². The minimum atomic E-state index is -1.39. The first-order chi connectivity index (χ1) is 7.40. The molecule has 0 bridgehead atoms. The van der Waals surface area contributed by atoms with Crippen LogP contribution in [0.3, 0.4) is 0 Å². The van der Waals surface area contributed by atoms with Crippen molar-refractivity contribution in [2.45, 2.75) is 20.3 Å². The molecule has 0 fully saturated rings. The van der Waals surface area contributed by atoms with E-state index in [-0.39, 0.29) is 12.0 Å². The van der Waals surface area contributed by atoms with Crippen LogP contribution in [-0.2, 0) is 11.2 Å². The van der Waals surface area contributed by atoms with Crippen LogP contribution in [0.1, 0.15) is 19.4 Å². The summed E-state index contributed by atoms with van der Waals surface area (Å²) in [5.74, 6) is -1.87. The second-order valence-electron chi connectivity index (χ2n) is 3.88. The number of ketones is 1. The predicted molar refractivity (Wildman–Crippen MR) is 54.5 cm³/mol. The molecule has 0 aromatic heterocycles. The standard InChI is InChI=1S/C12H11F2NO/c1-8(16)12(2,7-15)6-9-10(13)4-3-5-11(9)14/h3-5H,6H2,1-2H3. The first kappa shape index (κ1) is 12.3. The number of carbonyl (C=O) groups is 1. The molecule has 0 saturated heterocycles. The minimum Gasteiger partial charge on any atom is -0.298 e. The van der Waals surface area contributed by atoms with Crippen LogP contribution in [0.5, 0.6) is 0 Å². The van der Waals surface area contributed by atoms with E-state index >= 15 is 0 Å². The van der Waals surface area contributed by atoms with Crippen LogP contribution < -0.4 is 0 Å². The lowest BCUT2D eigenvalue weighted by molar-refractivity contribution is -0.123. The van der Waals surface area contributed by atoms with Crippen LogP contribution >= 0.6 is 0 Å². The first-order valence-corrected chi connectivity index (χ1v) is 4.76. The maximum atomic E-state index is 13.3. The maximum Gasteiger partial charge on any atom is 0.150 e. The van der Waals surface area contributed by atoms with Gasteiger partial charge >= 0.3 is 0 Å². The normalized spacial score (nSPS) is 13.9. The number of hydrogen-bond donors (Lipinski definition) is 0. The van der Waals surface area contributed by atoms with Gasteiger partial charge in [0.1, 0.15) is 22.8 Å². The molecule has 0 aliphatic rings. The number of halogens is 2. The van der Waals surface area contributed by atoms with E-state index in [1.54, 1.807) is 6.07 Å². The fraction of sp³-hybridized carbons (Fsp3) is 0.333. The van der Waals surface area contributed by atoms with Crippen molar-refractivity contribution >= 4 is 5.78 Å². The van der Waals surface area contributed by atoms with E-state index in [9.17, 15) is 13.6 Å². The van der Waals surface area contributed by atoms with Crippen molar-refractivity contribution in [3.05, 3.63) is 35.4 Å². The molecule has 1 atom stereocenters. The summed E-state index contributed by atoms with van der Waals surface area (Å²) in [4.78, 5) is 11.3. The molecule has 0 spiro atoms. The summed E-state index contributed by atoms with van der Waals surface area (Å²) in [7, 11) is 0. The van der Waals surface area contributed by atoms with E-state index in [0.717, 1.165) is 12.1 Å². The molecular formula is C12H11F2NO. The molecule has 84 valence electrons. The second-order valence-corrected chi connectivity index (χ2v) is 3.88. The second kappa shape index (κ2) is 4.40. The van der Waals surface area contributed by atoms with Crippen LogP contribution in [0.4, 0.5) is 8.78 Å². The molecule has 1 rings (SSSR count). The van der Waals surface area contributed by atoms with Gasteiger partial charge in [0.2, 0.25) is 0 Å². The van der Waals surface area contributed by atoms with Crippen molar-refractivity contribution < 1.29 is 13.6 Å². The Morgan fingerprint density at radius 2 is 1.94 bits per heavy atom. The third-order valence-corrected chi connectivity index (χ3v) is 2.62. The molecule has 0 heterocycles. The number of hydrogen-bond acceptors (Lipinski definition) is 2. The summed E-state index contributed by atoms with van der Waals surface area (Å²) in [6, 6.07) is 5.25. The Labute approximate surface area is 92.5 Å². The van der Waals surface area contributed by atoms with E-state index in [2.05, 4.69) is 0 Å². The molecule has 0 amide bonds. The Bertz CT molecular complexity index is 444. The molecule has 0 radical (unpaired) electrons. The Morgan fingerprint density at radius 1 is 1.44 bits per heavy atom. The SMILES string of the molecule is CC(=O)C(C)(C#N)Cc1c(F)cccc1F. The Kier molecular flexibility index (Phi) is 3.38. The molecule has 4 heteroatoms. The van der Waals surface area contributed by atoms with Gasteiger partial charge in [0.25, 0.3) is 0 Å². The topological polar surface area (TPSA) is 40.9 Å². The van der Waals surface area contributed by atoms with Gasteiger partial charge in [0.15, 0.2) is 0 Å². The largest absolute Gasteiger partial charge is 0.298 e. The fourth-order valence-corrected chi connectivity index (χ4v) is 1.30. The highest BCUT2D eigenvalue weighted by molar-refractivity contribution is 5.85. The van der Waals surface area contributed by atoms with E-state index in [1.165, 1.54) is 19.9 Å². The Hall–Kier alpha value is -1.76. The molecule has 2 nitrogen and oxygen atoms in total. The van der Waals surface area contributed by atoms with Crippen molar-refractivity contribution in [3.63, 3.8) is 0 Å². The molecule has 0 aliphatic heterocycles. The van der Waals surface area contributed by atoms with Crippen molar-refractivity contribution in [3.8, 4) is 6.07 Å². The van der Waals surface area contributed by atoms with Crippen LogP contribution in [-0.4, -0.2) is 5.78 Å². The van der Waals surface area contributed by atoms with Crippen LogP contribution in [0.15, 0.2) is 18.2 Å². The molecule has 0 N–H and O–H groups in total. The molecule has 0 aliphatic carbocycles. The highest BCUT2D eigenvalue weighted by atomic mass is 19.1. The Morgan fingerprint density at radius 3 is 2.31 bits per heavy atom. The first-order valence-electron chi connectivity index (χ1n) is 4.76. The quantitative estimate of drug-likeness (QED) is 0.790. The number of rotatable bonds is 3. The molecule has 0 saturated carbocycles. The van der Waals surface area contributed by atoms with Gasteiger partial charge in [-0.25, -0.2) is 8.78 Å². The summed E-state index contributed by atoms with van der Waals surface area (Å²) < 4.78 is 26.6. The van der Waals surface area contributed by atoms with Crippen LogP contribution in [0.25, 0.3) is 0 Å². The van der Waals surface area contributed by atoms with Gasteiger partial charge in [0.05, 0.1) is 6.07 Å². The van der Waals surface area contributed by atoms with Crippen molar-refractivity contribution in [1.82, 2.24) is 0 Å². The average Bonchev–Trinajstić information content (AvgIpc) is 2.23. The van der Waals surface area contributed by atoms with Gasteiger partial charge in [-0.15, -0.1) is 0 Å². The summed E-state index contributed by atoms with van der Waals surface area (Å²) in [6.45, 7) is 2.61. The summed E-state index contributed by atoms with van der Waals surface area (Å²) in [5, 5.41) is 8.88. The minimum absolute atomic E-state index is 0.221. The number of nitrogens with zero attached hydrogens (tertiary/aromatic N) is 1. The van der Waals surface area contributed by atoms with E-state index in [4.69, 9.17) is 5.26 Å². The summed E-state index contributed by atoms with van der Waals surface area (Å²) in [5.41, 5.74) is -1.61. The highest BCUT2D eigenvalue weighted by Gasteiger charge is 2.32. The van der Waals surface area contributed by atoms with Gasteiger partial charge in [0, 0.05) is 12.0 Å². The zero-order valence-corrected chi connectivity index (χ0v) is 9.05.